The minimum absolute atomic E-state index is 0.208. The van der Waals surface area contributed by atoms with Gasteiger partial charge in [0.25, 0.3) is 0 Å². The van der Waals surface area contributed by atoms with E-state index in [9.17, 15) is 0 Å². The van der Waals surface area contributed by atoms with Crippen LogP contribution in [-0.4, -0.2) is 25.4 Å². The van der Waals surface area contributed by atoms with E-state index in [2.05, 4.69) is 33.4 Å². The van der Waals surface area contributed by atoms with Crippen molar-refractivity contribution < 1.29 is 9.47 Å². The van der Waals surface area contributed by atoms with Crippen molar-refractivity contribution in [2.75, 3.05) is 13.2 Å². The maximum absolute atomic E-state index is 6.00. The van der Waals surface area contributed by atoms with Crippen molar-refractivity contribution in [1.29, 1.82) is 0 Å². The average molecular weight is 326 g/mol. The standard InChI is InChI=1S/C15H20BrNO2/c16-15-6-5-13(19-14-2-1-7-18-10-14)8-11(15)9-17-12-3-4-12/h5-6,8,12,14,17H,1-4,7,9-10H2. The lowest BCUT2D eigenvalue weighted by atomic mass is 10.1. The fourth-order valence-electron chi connectivity index (χ4n) is 2.30. The summed E-state index contributed by atoms with van der Waals surface area (Å²) >= 11 is 3.61. The zero-order valence-electron chi connectivity index (χ0n) is 11.0. The lowest BCUT2D eigenvalue weighted by Crippen LogP contribution is -2.28. The zero-order chi connectivity index (χ0) is 13.1. The molecule has 1 heterocycles. The Balaban J connectivity index is 1.61. The highest BCUT2D eigenvalue weighted by atomic mass is 79.9. The Morgan fingerprint density at radius 2 is 2.21 bits per heavy atom. The van der Waals surface area contributed by atoms with Crippen molar-refractivity contribution in [3.05, 3.63) is 28.2 Å². The van der Waals surface area contributed by atoms with Gasteiger partial charge >= 0.3 is 0 Å². The third-order valence-electron chi connectivity index (χ3n) is 3.60. The number of hydrogen-bond acceptors (Lipinski definition) is 3. The number of hydrogen-bond donors (Lipinski definition) is 1. The average Bonchev–Trinajstić information content (AvgIpc) is 3.25. The fourth-order valence-corrected chi connectivity index (χ4v) is 2.69. The number of nitrogens with one attached hydrogen (secondary N) is 1. The molecule has 0 bridgehead atoms. The molecule has 1 unspecified atom stereocenters. The van der Waals surface area contributed by atoms with E-state index in [0.29, 0.717) is 6.61 Å². The van der Waals surface area contributed by atoms with Crippen LogP contribution in [0, 0.1) is 0 Å². The molecule has 0 aromatic heterocycles. The van der Waals surface area contributed by atoms with Gasteiger partial charge in [0, 0.05) is 23.7 Å². The number of halogens is 1. The van der Waals surface area contributed by atoms with Crippen LogP contribution in [0.2, 0.25) is 0 Å². The molecule has 2 fully saturated rings. The van der Waals surface area contributed by atoms with Gasteiger partial charge in [-0.05, 0) is 49.4 Å². The molecule has 1 N–H and O–H groups in total. The van der Waals surface area contributed by atoms with Crippen LogP contribution in [0.25, 0.3) is 0 Å². The molecule has 1 saturated carbocycles. The van der Waals surface area contributed by atoms with Crippen LogP contribution < -0.4 is 10.1 Å². The molecule has 1 aliphatic carbocycles. The second kappa shape index (κ2) is 6.25. The van der Waals surface area contributed by atoms with Gasteiger partial charge in [-0.3, -0.25) is 0 Å². The molecule has 19 heavy (non-hydrogen) atoms. The summed E-state index contributed by atoms with van der Waals surface area (Å²) in [5.41, 5.74) is 1.26. The fraction of sp³-hybridized carbons (Fsp3) is 0.600. The van der Waals surface area contributed by atoms with Gasteiger partial charge in [-0.2, -0.15) is 0 Å². The van der Waals surface area contributed by atoms with Gasteiger partial charge in [0.15, 0.2) is 0 Å². The van der Waals surface area contributed by atoms with Crippen LogP contribution >= 0.6 is 15.9 Å². The summed E-state index contributed by atoms with van der Waals surface area (Å²) < 4.78 is 12.6. The Morgan fingerprint density at radius 1 is 1.32 bits per heavy atom. The van der Waals surface area contributed by atoms with Gasteiger partial charge in [-0.25, -0.2) is 0 Å². The summed E-state index contributed by atoms with van der Waals surface area (Å²) in [5.74, 6) is 0.950. The maximum atomic E-state index is 6.00. The molecule has 3 nitrogen and oxygen atoms in total. The van der Waals surface area contributed by atoms with Gasteiger partial charge in [-0.15, -0.1) is 0 Å². The van der Waals surface area contributed by atoms with Gasteiger partial charge in [0.1, 0.15) is 11.9 Å². The second-order valence-corrected chi connectivity index (χ2v) is 6.22. The van der Waals surface area contributed by atoms with E-state index in [1.807, 2.05) is 6.07 Å². The molecular weight excluding hydrogens is 306 g/mol. The summed E-state index contributed by atoms with van der Waals surface area (Å²) in [6.07, 6.45) is 5.02. The molecule has 3 rings (SSSR count). The van der Waals surface area contributed by atoms with Gasteiger partial charge in [0.05, 0.1) is 6.61 Å². The molecular formula is C15H20BrNO2. The van der Waals surface area contributed by atoms with E-state index in [-0.39, 0.29) is 6.10 Å². The lowest BCUT2D eigenvalue weighted by molar-refractivity contribution is 0.00739. The SMILES string of the molecule is Brc1ccc(OC2CCCOC2)cc1CNC1CC1. The number of rotatable bonds is 5. The normalized spacial score (nSPS) is 23.3. The summed E-state index contributed by atoms with van der Waals surface area (Å²) in [5, 5.41) is 3.53. The van der Waals surface area contributed by atoms with E-state index < -0.39 is 0 Å². The van der Waals surface area contributed by atoms with Gasteiger partial charge in [0.2, 0.25) is 0 Å². The first-order chi connectivity index (χ1) is 9.31. The van der Waals surface area contributed by atoms with E-state index in [0.717, 1.165) is 42.3 Å². The van der Waals surface area contributed by atoms with E-state index in [1.54, 1.807) is 0 Å². The Labute approximate surface area is 122 Å². The first-order valence-electron chi connectivity index (χ1n) is 7.07. The Morgan fingerprint density at radius 3 is 2.95 bits per heavy atom. The lowest BCUT2D eigenvalue weighted by Gasteiger charge is -2.23. The molecule has 0 radical (unpaired) electrons. The van der Waals surface area contributed by atoms with Crippen molar-refractivity contribution in [2.24, 2.45) is 0 Å². The molecule has 1 aliphatic heterocycles. The molecule has 0 spiro atoms. The summed E-state index contributed by atoms with van der Waals surface area (Å²) in [7, 11) is 0. The van der Waals surface area contributed by atoms with Gasteiger partial charge < -0.3 is 14.8 Å². The Hall–Kier alpha value is -0.580. The zero-order valence-corrected chi connectivity index (χ0v) is 12.6. The monoisotopic (exact) mass is 325 g/mol. The Kier molecular flexibility index (Phi) is 4.41. The molecule has 1 aromatic rings. The summed E-state index contributed by atoms with van der Waals surface area (Å²) in [6, 6.07) is 6.96. The first kappa shape index (κ1) is 13.4. The van der Waals surface area contributed by atoms with Crippen molar-refractivity contribution >= 4 is 15.9 Å². The van der Waals surface area contributed by atoms with Crippen molar-refractivity contribution in [3.63, 3.8) is 0 Å². The van der Waals surface area contributed by atoms with Gasteiger partial charge in [-0.1, -0.05) is 15.9 Å². The maximum Gasteiger partial charge on any atom is 0.122 e. The smallest absolute Gasteiger partial charge is 0.122 e. The summed E-state index contributed by atoms with van der Waals surface area (Å²) in [6.45, 7) is 2.49. The van der Waals surface area contributed by atoms with E-state index in [4.69, 9.17) is 9.47 Å². The topological polar surface area (TPSA) is 30.5 Å². The summed E-state index contributed by atoms with van der Waals surface area (Å²) in [4.78, 5) is 0. The van der Waals surface area contributed by atoms with Crippen LogP contribution in [0.5, 0.6) is 5.75 Å². The highest BCUT2D eigenvalue weighted by Gasteiger charge is 2.20. The highest BCUT2D eigenvalue weighted by Crippen LogP contribution is 2.26. The van der Waals surface area contributed by atoms with Crippen molar-refractivity contribution in [2.45, 2.75) is 44.4 Å². The quantitative estimate of drug-likeness (QED) is 0.901. The minimum atomic E-state index is 0.208. The molecule has 0 amide bonds. The van der Waals surface area contributed by atoms with Crippen molar-refractivity contribution in [1.82, 2.24) is 5.32 Å². The molecule has 1 saturated heterocycles. The predicted octanol–water partition coefficient (Wildman–Crippen LogP) is 3.26. The molecule has 104 valence electrons. The highest BCUT2D eigenvalue weighted by molar-refractivity contribution is 9.10. The van der Waals surface area contributed by atoms with Crippen LogP contribution in [-0.2, 0) is 11.3 Å². The second-order valence-electron chi connectivity index (χ2n) is 5.37. The van der Waals surface area contributed by atoms with Crippen LogP contribution in [0.15, 0.2) is 22.7 Å². The number of benzene rings is 1. The third kappa shape index (κ3) is 3.94. The predicted molar refractivity (Wildman–Crippen MR) is 78.5 cm³/mol. The Bertz CT molecular complexity index is 428. The van der Waals surface area contributed by atoms with Crippen LogP contribution in [0.3, 0.4) is 0 Å². The molecule has 1 atom stereocenters. The van der Waals surface area contributed by atoms with Crippen LogP contribution in [0.4, 0.5) is 0 Å². The minimum Gasteiger partial charge on any atom is -0.488 e. The first-order valence-corrected chi connectivity index (χ1v) is 7.87. The van der Waals surface area contributed by atoms with Crippen LogP contribution in [0.1, 0.15) is 31.2 Å². The third-order valence-corrected chi connectivity index (χ3v) is 4.37. The number of ether oxygens (including phenoxy) is 2. The molecule has 2 aliphatic rings. The molecule has 4 heteroatoms. The van der Waals surface area contributed by atoms with Crippen molar-refractivity contribution in [3.8, 4) is 5.75 Å². The van der Waals surface area contributed by atoms with E-state index in [1.165, 1.54) is 18.4 Å². The largest absolute Gasteiger partial charge is 0.488 e. The molecule has 1 aromatic carbocycles. The van der Waals surface area contributed by atoms with E-state index >= 15 is 0 Å².